The lowest BCUT2D eigenvalue weighted by Crippen LogP contribution is -2.36. The Morgan fingerprint density at radius 2 is 1.65 bits per heavy atom. The monoisotopic (exact) mass is 441 g/mol. The molecule has 0 heterocycles. The van der Waals surface area contributed by atoms with Gasteiger partial charge in [-0.25, -0.2) is 0 Å². The summed E-state index contributed by atoms with van der Waals surface area (Å²) in [7, 11) is 0. The average Bonchev–Trinajstić information content (AvgIpc) is 2.77. The van der Waals surface area contributed by atoms with Crippen molar-refractivity contribution in [1.29, 1.82) is 0 Å². The van der Waals surface area contributed by atoms with Gasteiger partial charge in [0.25, 0.3) is 11.8 Å². The smallest absolute Gasteiger partial charge is 0.261 e. The number of thiocarbonyl (C=S) groups is 1. The number of anilines is 1. The highest BCUT2D eigenvalue weighted by Crippen LogP contribution is 2.19. The largest absolute Gasteiger partial charge is 0.493 e. The van der Waals surface area contributed by atoms with Crippen molar-refractivity contribution in [2.45, 2.75) is 52.5 Å². The molecule has 2 rings (SSSR count). The van der Waals surface area contributed by atoms with E-state index < -0.39 is 0 Å². The summed E-state index contributed by atoms with van der Waals surface area (Å²) in [6.45, 7) is 6.63. The maximum Gasteiger partial charge on any atom is 0.261 e. The van der Waals surface area contributed by atoms with Gasteiger partial charge in [-0.3, -0.25) is 14.9 Å². The van der Waals surface area contributed by atoms with E-state index in [4.69, 9.17) is 17.0 Å². The molecule has 1 atom stereocenters. The Bertz CT molecular complexity index is 901. The summed E-state index contributed by atoms with van der Waals surface area (Å²) in [5.41, 5.74) is 1.39. The number of carbonyl (C=O) groups is 2. The highest BCUT2D eigenvalue weighted by Gasteiger charge is 2.16. The molecule has 31 heavy (non-hydrogen) atoms. The molecule has 166 valence electrons. The molecule has 7 heteroatoms. The van der Waals surface area contributed by atoms with Crippen LogP contribution in [-0.2, 0) is 0 Å². The van der Waals surface area contributed by atoms with Crippen molar-refractivity contribution in [3.8, 4) is 5.75 Å². The fraction of sp³-hybridized carbons (Fsp3) is 0.375. The van der Waals surface area contributed by atoms with E-state index in [0.29, 0.717) is 29.2 Å². The van der Waals surface area contributed by atoms with Crippen LogP contribution >= 0.6 is 12.2 Å². The molecule has 0 fully saturated rings. The predicted octanol–water partition coefficient (Wildman–Crippen LogP) is 4.91. The first-order valence-electron chi connectivity index (χ1n) is 10.7. The van der Waals surface area contributed by atoms with Crippen LogP contribution in [-0.4, -0.2) is 29.6 Å². The lowest BCUT2D eigenvalue weighted by Gasteiger charge is -2.16. The van der Waals surface area contributed by atoms with E-state index in [1.807, 2.05) is 19.9 Å². The van der Waals surface area contributed by atoms with Gasteiger partial charge in [0.15, 0.2) is 5.11 Å². The highest BCUT2D eigenvalue weighted by molar-refractivity contribution is 7.80. The zero-order valence-corrected chi connectivity index (χ0v) is 19.2. The van der Waals surface area contributed by atoms with E-state index in [-0.39, 0.29) is 23.0 Å². The molecule has 0 aliphatic rings. The molecule has 2 aromatic carbocycles. The van der Waals surface area contributed by atoms with Gasteiger partial charge in [-0.15, -0.1) is 0 Å². The maximum absolute atomic E-state index is 12.8. The lowest BCUT2D eigenvalue weighted by atomic mass is 10.1. The topological polar surface area (TPSA) is 79.5 Å². The SMILES string of the molecule is CCCCCOc1ccccc1C(=O)NC(=S)Nc1ccccc1C(=O)NC(C)CC. The van der Waals surface area contributed by atoms with Gasteiger partial charge in [-0.2, -0.15) is 0 Å². The number of rotatable bonds is 10. The Labute approximate surface area is 189 Å². The van der Waals surface area contributed by atoms with Gasteiger partial charge in [-0.05, 0) is 56.2 Å². The van der Waals surface area contributed by atoms with Crippen molar-refractivity contribution in [2.75, 3.05) is 11.9 Å². The fourth-order valence-electron chi connectivity index (χ4n) is 2.83. The van der Waals surface area contributed by atoms with E-state index in [1.54, 1.807) is 42.5 Å². The Hall–Kier alpha value is -2.93. The maximum atomic E-state index is 12.8. The molecule has 0 saturated heterocycles. The normalized spacial score (nSPS) is 11.3. The Kier molecular flexibility index (Phi) is 9.97. The molecule has 3 N–H and O–H groups in total. The number of para-hydroxylation sites is 2. The van der Waals surface area contributed by atoms with Gasteiger partial charge < -0.3 is 15.4 Å². The lowest BCUT2D eigenvalue weighted by molar-refractivity contribution is 0.0938. The minimum absolute atomic E-state index is 0.0565. The molecule has 0 aliphatic carbocycles. The molecule has 0 spiro atoms. The third kappa shape index (κ3) is 7.68. The van der Waals surface area contributed by atoms with Crippen LogP contribution in [0.3, 0.4) is 0 Å². The molecule has 0 radical (unpaired) electrons. The second kappa shape index (κ2) is 12.7. The number of carbonyl (C=O) groups excluding carboxylic acids is 2. The summed E-state index contributed by atoms with van der Waals surface area (Å²) in [6.07, 6.45) is 3.94. The van der Waals surface area contributed by atoms with Crippen LogP contribution in [0.5, 0.6) is 5.75 Å². The van der Waals surface area contributed by atoms with Crippen molar-refractivity contribution >= 4 is 34.8 Å². The standard InChI is InChI=1S/C24H31N3O3S/c1-4-6-11-16-30-21-15-10-8-13-19(21)23(29)27-24(31)26-20-14-9-7-12-18(20)22(28)25-17(3)5-2/h7-10,12-15,17H,4-6,11,16H2,1-3H3,(H,25,28)(H2,26,27,29,31). The van der Waals surface area contributed by atoms with Crippen molar-refractivity contribution in [3.63, 3.8) is 0 Å². The second-order valence-electron chi connectivity index (χ2n) is 7.29. The van der Waals surface area contributed by atoms with Gasteiger partial charge in [0, 0.05) is 6.04 Å². The van der Waals surface area contributed by atoms with Crippen LogP contribution in [0.2, 0.25) is 0 Å². The van der Waals surface area contributed by atoms with Crippen LogP contribution in [0.15, 0.2) is 48.5 Å². The van der Waals surface area contributed by atoms with Gasteiger partial charge in [0.05, 0.1) is 23.4 Å². The van der Waals surface area contributed by atoms with Crippen LogP contribution < -0.4 is 20.7 Å². The van der Waals surface area contributed by atoms with Crippen molar-refractivity contribution < 1.29 is 14.3 Å². The number of benzene rings is 2. The average molecular weight is 442 g/mol. The number of hydrogen-bond donors (Lipinski definition) is 3. The molecule has 0 bridgehead atoms. The van der Waals surface area contributed by atoms with E-state index in [2.05, 4.69) is 22.9 Å². The van der Waals surface area contributed by atoms with Crippen molar-refractivity contribution in [2.24, 2.45) is 0 Å². The van der Waals surface area contributed by atoms with Crippen LogP contribution in [0.4, 0.5) is 5.69 Å². The third-order valence-electron chi connectivity index (χ3n) is 4.77. The molecule has 2 amide bonds. The van der Waals surface area contributed by atoms with E-state index in [1.165, 1.54) is 0 Å². The molecule has 6 nitrogen and oxygen atoms in total. The van der Waals surface area contributed by atoms with Gasteiger partial charge in [0.2, 0.25) is 0 Å². The van der Waals surface area contributed by atoms with Gasteiger partial charge in [-0.1, -0.05) is 51.0 Å². The summed E-state index contributed by atoms with van der Waals surface area (Å²) >= 11 is 5.32. The first-order chi connectivity index (χ1) is 15.0. The molecule has 2 aromatic rings. The summed E-state index contributed by atoms with van der Waals surface area (Å²) in [6, 6.07) is 14.2. The first-order valence-corrected chi connectivity index (χ1v) is 11.1. The first kappa shape index (κ1) is 24.3. The second-order valence-corrected chi connectivity index (χ2v) is 7.70. The minimum Gasteiger partial charge on any atom is -0.493 e. The summed E-state index contributed by atoms with van der Waals surface area (Å²) in [5, 5.41) is 8.68. The van der Waals surface area contributed by atoms with Crippen LogP contribution in [0.25, 0.3) is 0 Å². The molecule has 0 saturated carbocycles. The van der Waals surface area contributed by atoms with Crippen LogP contribution in [0, 0.1) is 0 Å². The third-order valence-corrected chi connectivity index (χ3v) is 4.98. The fourth-order valence-corrected chi connectivity index (χ4v) is 3.03. The number of nitrogens with one attached hydrogen (secondary N) is 3. The Balaban J connectivity index is 2.04. The minimum atomic E-state index is -0.370. The molecule has 0 aliphatic heterocycles. The number of unbranched alkanes of at least 4 members (excludes halogenated alkanes) is 2. The summed E-state index contributed by atoms with van der Waals surface area (Å²) < 4.78 is 5.78. The highest BCUT2D eigenvalue weighted by atomic mass is 32.1. The number of amides is 2. The molecule has 1 unspecified atom stereocenters. The quantitative estimate of drug-likeness (QED) is 0.361. The van der Waals surface area contributed by atoms with E-state index >= 15 is 0 Å². The van der Waals surface area contributed by atoms with Crippen molar-refractivity contribution in [3.05, 3.63) is 59.7 Å². The van der Waals surface area contributed by atoms with Gasteiger partial charge >= 0.3 is 0 Å². The zero-order valence-electron chi connectivity index (χ0n) is 18.4. The molecular formula is C24H31N3O3S. The van der Waals surface area contributed by atoms with E-state index in [9.17, 15) is 9.59 Å². The predicted molar refractivity (Wildman–Crippen MR) is 129 cm³/mol. The number of hydrogen-bond acceptors (Lipinski definition) is 4. The Morgan fingerprint density at radius 1 is 0.968 bits per heavy atom. The molecule has 0 aromatic heterocycles. The van der Waals surface area contributed by atoms with E-state index in [0.717, 1.165) is 25.7 Å². The number of ether oxygens (including phenoxy) is 1. The molecular weight excluding hydrogens is 410 g/mol. The zero-order chi connectivity index (χ0) is 22.6. The Morgan fingerprint density at radius 3 is 2.35 bits per heavy atom. The summed E-state index contributed by atoms with van der Waals surface area (Å²) in [5.74, 6) is -0.0465. The summed E-state index contributed by atoms with van der Waals surface area (Å²) in [4.78, 5) is 25.3. The van der Waals surface area contributed by atoms with Gasteiger partial charge in [0.1, 0.15) is 5.75 Å². The van der Waals surface area contributed by atoms with Crippen LogP contribution in [0.1, 0.15) is 67.2 Å². The van der Waals surface area contributed by atoms with Crippen molar-refractivity contribution in [1.82, 2.24) is 10.6 Å².